The molecule has 1 aliphatic heterocycles. The number of urea groups is 1. The molecule has 3 N–H and O–H groups in total. The summed E-state index contributed by atoms with van der Waals surface area (Å²) in [5, 5.41) is 10.5. The summed E-state index contributed by atoms with van der Waals surface area (Å²) in [6, 6.07) is 12.6. The largest absolute Gasteiger partial charge is 0.447 e. The lowest BCUT2D eigenvalue weighted by Gasteiger charge is -2.44. The lowest BCUT2D eigenvalue weighted by molar-refractivity contribution is -0.137. The van der Waals surface area contributed by atoms with Gasteiger partial charge in [-0.15, -0.1) is 0 Å². The van der Waals surface area contributed by atoms with Crippen LogP contribution in [-0.2, 0) is 16.1 Å². The van der Waals surface area contributed by atoms with Crippen LogP contribution in [0.3, 0.4) is 0 Å². The fraction of sp³-hybridized carbons (Fsp3) is 0.438. The first-order chi connectivity index (χ1) is 20.9. The number of halogens is 2. The SMILES string of the molecule is CN(C(=O)NCc1cccc(F)c1Cl)[C@@H](CCC(=O)N1CCNC[C@H]1C(C)(C)C)COC(=O)Nc1cc2ccccc2cn1. The van der Waals surface area contributed by atoms with Crippen molar-refractivity contribution in [2.24, 2.45) is 5.41 Å². The van der Waals surface area contributed by atoms with Crippen molar-refractivity contribution in [2.75, 3.05) is 38.6 Å². The Morgan fingerprint density at radius 3 is 2.68 bits per heavy atom. The number of benzene rings is 2. The van der Waals surface area contributed by atoms with Crippen LogP contribution in [-0.4, -0.2) is 78.2 Å². The van der Waals surface area contributed by atoms with Gasteiger partial charge in [0, 0.05) is 57.3 Å². The number of nitrogens with one attached hydrogen (secondary N) is 3. The van der Waals surface area contributed by atoms with Crippen LogP contribution in [0.4, 0.5) is 19.8 Å². The first kappa shape index (κ1) is 32.9. The molecule has 0 radical (unpaired) electrons. The van der Waals surface area contributed by atoms with Crippen molar-refractivity contribution in [2.45, 2.75) is 52.2 Å². The molecule has 236 valence electrons. The van der Waals surface area contributed by atoms with E-state index >= 15 is 0 Å². The summed E-state index contributed by atoms with van der Waals surface area (Å²) in [6.07, 6.45) is 1.33. The van der Waals surface area contributed by atoms with Crippen LogP contribution in [0.2, 0.25) is 5.02 Å². The van der Waals surface area contributed by atoms with Gasteiger partial charge in [-0.3, -0.25) is 10.1 Å². The Morgan fingerprint density at radius 2 is 1.93 bits per heavy atom. The summed E-state index contributed by atoms with van der Waals surface area (Å²) >= 11 is 6.05. The second-order valence-electron chi connectivity index (χ2n) is 12.0. The van der Waals surface area contributed by atoms with Crippen molar-refractivity contribution >= 4 is 46.2 Å². The van der Waals surface area contributed by atoms with Gasteiger partial charge in [-0.2, -0.15) is 0 Å². The van der Waals surface area contributed by atoms with Gasteiger partial charge >= 0.3 is 12.1 Å². The van der Waals surface area contributed by atoms with E-state index in [4.69, 9.17) is 16.3 Å². The standard InChI is InChI=1S/C32H40ClFN6O4/c1-32(2,3)26-19-35-14-15-40(26)28(41)13-12-24(39(4)30(42)37-18-23-10-7-11-25(34)29(23)33)20-44-31(43)38-27-16-21-8-5-6-9-22(21)17-36-27/h5-11,16-17,24,26,35H,12-15,18-20H2,1-4H3,(H,37,42)(H,36,38,43)/t24-,26-/m0/s1. The zero-order valence-electron chi connectivity index (χ0n) is 25.5. The Kier molecular flexibility index (Phi) is 11.0. The second kappa shape index (κ2) is 14.7. The number of carbonyl (C=O) groups excluding carboxylic acids is 3. The zero-order valence-corrected chi connectivity index (χ0v) is 26.3. The number of amides is 4. The molecule has 2 atom stereocenters. The highest BCUT2D eigenvalue weighted by Crippen LogP contribution is 2.26. The maximum atomic E-state index is 13.9. The van der Waals surface area contributed by atoms with Crippen LogP contribution >= 0.6 is 11.6 Å². The number of likely N-dealkylation sites (N-methyl/N-ethyl adjacent to an activating group) is 1. The average Bonchev–Trinajstić information content (AvgIpc) is 3.00. The third-order valence-electron chi connectivity index (χ3n) is 7.85. The molecule has 1 aromatic heterocycles. The van der Waals surface area contributed by atoms with Crippen LogP contribution in [0.1, 0.15) is 39.2 Å². The molecule has 0 spiro atoms. The minimum absolute atomic E-state index is 0.00552. The van der Waals surface area contributed by atoms with Gasteiger partial charge in [0.1, 0.15) is 18.2 Å². The predicted octanol–water partition coefficient (Wildman–Crippen LogP) is 5.41. The quantitative estimate of drug-likeness (QED) is 0.292. The number of rotatable bonds is 9. The number of fused-ring (bicyclic) bond motifs is 1. The summed E-state index contributed by atoms with van der Waals surface area (Å²) in [7, 11) is 1.56. The van der Waals surface area contributed by atoms with E-state index in [1.54, 1.807) is 25.4 Å². The van der Waals surface area contributed by atoms with E-state index in [0.717, 1.165) is 10.8 Å². The number of nitrogens with zero attached hydrogens (tertiary/aromatic N) is 3. The Balaban J connectivity index is 1.42. The molecular formula is C32H40ClFN6O4. The maximum Gasteiger partial charge on any atom is 0.412 e. The molecule has 44 heavy (non-hydrogen) atoms. The monoisotopic (exact) mass is 626 g/mol. The normalized spacial score (nSPS) is 15.9. The van der Waals surface area contributed by atoms with Crippen molar-refractivity contribution in [1.82, 2.24) is 25.4 Å². The lowest BCUT2D eigenvalue weighted by atomic mass is 9.84. The Bertz CT molecular complexity index is 1480. The summed E-state index contributed by atoms with van der Waals surface area (Å²) in [5.41, 5.74) is 0.306. The Hall–Kier alpha value is -3.96. The number of anilines is 1. The van der Waals surface area contributed by atoms with Crippen molar-refractivity contribution < 1.29 is 23.5 Å². The van der Waals surface area contributed by atoms with Crippen LogP contribution in [0.5, 0.6) is 0 Å². The Labute approximate surface area is 262 Å². The lowest BCUT2D eigenvalue weighted by Crippen LogP contribution is -2.58. The Morgan fingerprint density at radius 1 is 1.18 bits per heavy atom. The first-order valence-electron chi connectivity index (χ1n) is 14.7. The number of piperazine rings is 1. The molecule has 4 amide bonds. The van der Waals surface area contributed by atoms with Gasteiger partial charge in [-0.25, -0.2) is 19.0 Å². The van der Waals surface area contributed by atoms with E-state index in [2.05, 4.69) is 41.7 Å². The van der Waals surface area contributed by atoms with Gasteiger partial charge in [-0.05, 0) is 34.9 Å². The smallest absolute Gasteiger partial charge is 0.412 e. The van der Waals surface area contributed by atoms with E-state index in [1.807, 2.05) is 29.2 Å². The highest BCUT2D eigenvalue weighted by Gasteiger charge is 2.35. The molecular weight excluding hydrogens is 587 g/mol. The molecule has 0 bridgehead atoms. The number of pyridine rings is 1. The highest BCUT2D eigenvalue weighted by atomic mass is 35.5. The van der Waals surface area contributed by atoms with Gasteiger partial charge in [0.2, 0.25) is 5.91 Å². The molecule has 10 nitrogen and oxygen atoms in total. The third kappa shape index (κ3) is 8.57. The topological polar surface area (TPSA) is 116 Å². The third-order valence-corrected chi connectivity index (χ3v) is 8.28. The van der Waals surface area contributed by atoms with Crippen LogP contribution in [0, 0.1) is 11.2 Å². The molecule has 1 saturated heterocycles. The van der Waals surface area contributed by atoms with E-state index in [0.29, 0.717) is 31.0 Å². The molecule has 2 aromatic carbocycles. The number of aromatic nitrogens is 1. The van der Waals surface area contributed by atoms with Crippen molar-refractivity contribution in [3.63, 3.8) is 0 Å². The van der Waals surface area contributed by atoms with E-state index in [-0.39, 0.29) is 48.4 Å². The fourth-order valence-corrected chi connectivity index (χ4v) is 5.40. The van der Waals surface area contributed by atoms with Gasteiger partial charge < -0.3 is 25.2 Å². The number of ether oxygens (including phenoxy) is 1. The summed E-state index contributed by atoms with van der Waals surface area (Å²) in [6.45, 7) is 8.15. The van der Waals surface area contributed by atoms with Crippen LogP contribution in [0.15, 0.2) is 54.7 Å². The molecule has 12 heteroatoms. The number of carbonyl (C=O) groups is 3. The zero-order chi connectivity index (χ0) is 31.9. The van der Waals surface area contributed by atoms with Crippen LogP contribution in [0.25, 0.3) is 10.8 Å². The van der Waals surface area contributed by atoms with Gasteiger partial charge in [-0.1, -0.05) is 68.8 Å². The van der Waals surface area contributed by atoms with Gasteiger partial charge in [0.25, 0.3) is 0 Å². The number of hydrogen-bond acceptors (Lipinski definition) is 6. The fourth-order valence-electron chi connectivity index (χ4n) is 5.21. The molecule has 0 saturated carbocycles. The van der Waals surface area contributed by atoms with Crippen molar-refractivity contribution in [1.29, 1.82) is 0 Å². The molecule has 1 fully saturated rings. The minimum Gasteiger partial charge on any atom is -0.447 e. The van der Waals surface area contributed by atoms with Crippen molar-refractivity contribution in [3.05, 3.63) is 71.1 Å². The van der Waals surface area contributed by atoms with Crippen molar-refractivity contribution in [3.8, 4) is 0 Å². The highest BCUT2D eigenvalue weighted by molar-refractivity contribution is 6.31. The summed E-state index contributed by atoms with van der Waals surface area (Å²) in [5.74, 6) is -0.281. The van der Waals surface area contributed by atoms with Gasteiger partial charge in [0.05, 0.1) is 11.1 Å². The minimum atomic E-state index is -0.737. The first-order valence-corrected chi connectivity index (χ1v) is 15.0. The molecule has 0 unspecified atom stereocenters. The molecule has 2 heterocycles. The van der Waals surface area contributed by atoms with E-state index in [1.165, 1.54) is 17.0 Å². The summed E-state index contributed by atoms with van der Waals surface area (Å²) < 4.78 is 19.4. The number of hydrogen-bond donors (Lipinski definition) is 3. The van der Waals surface area contributed by atoms with Crippen LogP contribution < -0.4 is 16.0 Å². The van der Waals surface area contributed by atoms with E-state index in [9.17, 15) is 18.8 Å². The molecule has 1 aliphatic rings. The van der Waals surface area contributed by atoms with E-state index < -0.39 is 24.0 Å². The summed E-state index contributed by atoms with van der Waals surface area (Å²) in [4.78, 5) is 46.9. The predicted molar refractivity (Wildman–Crippen MR) is 169 cm³/mol. The molecule has 0 aliphatic carbocycles. The average molecular weight is 627 g/mol. The molecule has 4 rings (SSSR count). The molecule has 3 aromatic rings. The van der Waals surface area contributed by atoms with Gasteiger partial charge in [0.15, 0.2) is 0 Å². The second-order valence-corrected chi connectivity index (χ2v) is 12.4. The maximum absolute atomic E-state index is 13.9.